The Balaban J connectivity index is 1.78. The van der Waals surface area contributed by atoms with Crippen molar-refractivity contribution in [2.24, 2.45) is 0 Å². The van der Waals surface area contributed by atoms with Crippen molar-refractivity contribution in [3.63, 3.8) is 0 Å². The van der Waals surface area contributed by atoms with E-state index in [1.807, 2.05) is 44.2 Å². The van der Waals surface area contributed by atoms with Crippen LogP contribution in [0.25, 0.3) is 10.9 Å². The van der Waals surface area contributed by atoms with Gasteiger partial charge in [0.05, 0.1) is 30.6 Å². The van der Waals surface area contributed by atoms with Crippen LogP contribution in [0, 0.1) is 13.8 Å². The van der Waals surface area contributed by atoms with Gasteiger partial charge in [-0.15, -0.1) is 0 Å². The highest BCUT2D eigenvalue weighted by molar-refractivity contribution is 5.99. The summed E-state index contributed by atoms with van der Waals surface area (Å²) >= 11 is 0. The van der Waals surface area contributed by atoms with E-state index >= 15 is 0 Å². The monoisotopic (exact) mass is 350 g/mol. The topological polar surface area (TPSA) is 67.3 Å². The SMILES string of the molecule is COc1c(C)cnc(CN(C)C(=O)Nc2cccc3cccnc23)c1C. The number of hydrogen-bond donors (Lipinski definition) is 1. The van der Waals surface area contributed by atoms with Gasteiger partial charge in [-0.1, -0.05) is 18.2 Å². The first-order chi connectivity index (χ1) is 12.5. The van der Waals surface area contributed by atoms with Gasteiger partial charge in [0.25, 0.3) is 0 Å². The number of nitrogens with zero attached hydrogens (tertiary/aromatic N) is 3. The third-order valence-electron chi connectivity index (χ3n) is 4.36. The molecule has 134 valence electrons. The molecule has 3 aromatic rings. The van der Waals surface area contributed by atoms with Crippen molar-refractivity contribution < 1.29 is 9.53 Å². The maximum Gasteiger partial charge on any atom is 0.322 e. The number of hydrogen-bond acceptors (Lipinski definition) is 4. The number of amides is 2. The Morgan fingerprint density at radius 3 is 2.73 bits per heavy atom. The first-order valence-corrected chi connectivity index (χ1v) is 8.36. The zero-order valence-electron chi connectivity index (χ0n) is 15.4. The summed E-state index contributed by atoms with van der Waals surface area (Å²) in [6, 6.07) is 9.33. The Kier molecular flexibility index (Phi) is 5.02. The van der Waals surface area contributed by atoms with Crippen molar-refractivity contribution in [3.8, 4) is 5.75 Å². The molecule has 1 N–H and O–H groups in total. The number of anilines is 1. The second kappa shape index (κ2) is 7.39. The van der Waals surface area contributed by atoms with Crippen molar-refractivity contribution in [2.75, 3.05) is 19.5 Å². The summed E-state index contributed by atoms with van der Waals surface area (Å²) in [4.78, 5) is 23.0. The lowest BCUT2D eigenvalue weighted by molar-refractivity contribution is 0.220. The number of nitrogens with one attached hydrogen (secondary N) is 1. The summed E-state index contributed by atoms with van der Waals surface area (Å²) in [5.41, 5.74) is 4.18. The van der Waals surface area contributed by atoms with E-state index in [2.05, 4.69) is 15.3 Å². The van der Waals surface area contributed by atoms with E-state index in [4.69, 9.17) is 4.74 Å². The molecule has 3 rings (SSSR count). The van der Waals surface area contributed by atoms with Crippen molar-refractivity contribution in [2.45, 2.75) is 20.4 Å². The van der Waals surface area contributed by atoms with E-state index in [1.54, 1.807) is 31.5 Å². The molecule has 0 saturated heterocycles. The summed E-state index contributed by atoms with van der Waals surface area (Å²) in [6.07, 6.45) is 3.48. The predicted octanol–water partition coefficient (Wildman–Crippen LogP) is 3.92. The minimum Gasteiger partial charge on any atom is -0.496 e. The molecule has 0 saturated carbocycles. The van der Waals surface area contributed by atoms with Gasteiger partial charge in [-0.05, 0) is 26.0 Å². The predicted molar refractivity (Wildman–Crippen MR) is 102 cm³/mol. The Morgan fingerprint density at radius 2 is 1.96 bits per heavy atom. The van der Waals surface area contributed by atoms with Gasteiger partial charge in [0.15, 0.2) is 0 Å². The van der Waals surface area contributed by atoms with Gasteiger partial charge in [0.2, 0.25) is 0 Å². The molecule has 0 aliphatic carbocycles. The molecule has 6 nitrogen and oxygen atoms in total. The zero-order valence-corrected chi connectivity index (χ0v) is 15.4. The van der Waals surface area contributed by atoms with Gasteiger partial charge in [0.1, 0.15) is 5.75 Å². The number of benzene rings is 1. The fourth-order valence-electron chi connectivity index (χ4n) is 2.94. The van der Waals surface area contributed by atoms with Crippen LogP contribution in [0.2, 0.25) is 0 Å². The minimum absolute atomic E-state index is 0.219. The van der Waals surface area contributed by atoms with Crippen LogP contribution in [0.15, 0.2) is 42.7 Å². The number of aryl methyl sites for hydroxylation is 1. The first kappa shape index (κ1) is 17.7. The minimum atomic E-state index is -0.219. The van der Waals surface area contributed by atoms with E-state index in [-0.39, 0.29) is 6.03 Å². The van der Waals surface area contributed by atoms with Crippen molar-refractivity contribution in [1.82, 2.24) is 14.9 Å². The summed E-state index contributed by atoms with van der Waals surface area (Å²) < 4.78 is 5.43. The Labute approximate surface area is 152 Å². The quantitative estimate of drug-likeness (QED) is 0.774. The molecule has 2 aromatic heterocycles. The molecule has 0 aliphatic rings. The number of fused-ring (bicyclic) bond motifs is 1. The third kappa shape index (κ3) is 3.44. The number of carbonyl (C=O) groups is 1. The molecular weight excluding hydrogens is 328 g/mol. The molecule has 6 heteroatoms. The van der Waals surface area contributed by atoms with E-state index < -0.39 is 0 Å². The molecule has 2 heterocycles. The summed E-state index contributed by atoms with van der Waals surface area (Å²) in [6.45, 7) is 4.29. The highest BCUT2D eigenvalue weighted by Gasteiger charge is 2.15. The Hall–Kier alpha value is -3.15. The summed E-state index contributed by atoms with van der Waals surface area (Å²) in [5.74, 6) is 0.807. The van der Waals surface area contributed by atoms with Crippen molar-refractivity contribution in [1.29, 1.82) is 0 Å². The third-order valence-corrected chi connectivity index (χ3v) is 4.36. The fourth-order valence-corrected chi connectivity index (χ4v) is 2.94. The van der Waals surface area contributed by atoms with Gasteiger partial charge < -0.3 is 15.0 Å². The average Bonchev–Trinajstić information content (AvgIpc) is 2.64. The van der Waals surface area contributed by atoms with E-state index in [9.17, 15) is 4.79 Å². The number of ether oxygens (including phenoxy) is 1. The van der Waals surface area contributed by atoms with Crippen LogP contribution in [0.4, 0.5) is 10.5 Å². The van der Waals surface area contributed by atoms with E-state index in [1.165, 1.54) is 0 Å². The molecule has 0 radical (unpaired) electrons. The number of rotatable bonds is 4. The van der Waals surface area contributed by atoms with Crippen LogP contribution < -0.4 is 10.1 Å². The standard InChI is InChI=1S/C20H22N4O2/c1-13-11-22-17(14(2)19(13)26-4)12-24(3)20(25)23-16-9-5-7-15-8-6-10-21-18(15)16/h5-11H,12H2,1-4H3,(H,23,25). The first-order valence-electron chi connectivity index (χ1n) is 8.36. The van der Waals surface area contributed by atoms with Crippen LogP contribution in [0.1, 0.15) is 16.8 Å². The molecule has 0 unspecified atom stereocenters. The molecule has 1 aromatic carbocycles. The number of pyridine rings is 2. The normalized spacial score (nSPS) is 10.6. The van der Waals surface area contributed by atoms with Crippen molar-refractivity contribution in [3.05, 3.63) is 59.5 Å². The lowest BCUT2D eigenvalue weighted by atomic mass is 10.1. The van der Waals surface area contributed by atoms with Crippen LogP contribution in [-0.2, 0) is 6.54 Å². The Bertz CT molecular complexity index is 950. The molecule has 0 aliphatic heterocycles. The van der Waals surface area contributed by atoms with E-state index in [0.717, 1.165) is 33.5 Å². The molecule has 0 spiro atoms. The maximum atomic E-state index is 12.6. The largest absolute Gasteiger partial charge is 0.496 e. The average molecular weight is 350 g/mol. The van der Waals surface area contributed by atoms with Crippen LogP contribution in [0.5, 0.6) is 5.75 Å². The van der Waals surface area contributed by atoms with Gasteiger partial charge in [-0.2, -0.15) is 0 Å². The zero-order chi connectivity index (χ0) is 18.7. The molecule has 0 fully saturated rings. The highest BCUT2D eigenvalue weighted by atomic mass is 16.5. The highest BCUT2D eigenvalue weighted by Crippen LogP contribution is 2.25. The van der Waals surface area contributed by atoms with E-state index in [0.29, 0.717) is 12.2 Å². The number of carbonyl (C=O) groups excluding carboxylic acids is 1. The lowest BCUT2D eigenvalue weighted by Crippen LogP contribution is -2.31. The molecule has 2 amide bonds. The molecular formula is C20H22N4O2. The van der Waals surface area contributed by atoms with Gasteiger partial charge in [0, 0.05) is 36.0 Å². The Morgan fingerprint density at radius 1 is 1.19 bits per heavy atom. The molecule has 0 atom stereocenters. The van der Waals surface area contributed by atoms with Gasteiger partial charge >= 0.3 is 6.03 Å². The number of aromatic nitrogens is 2. The fraction of sp³-hybridized carbons (Fsp3) is 0.250. The second-order valence-electron chi connectivity index (χ2n) is 6.21. The van der Waals surface area contributed by atoms with Gasteiger partial charge in [-0.3, -0.25) is 9.97 Å². The summed E-state index contributed by atoms with van der Waals surface area (Å²) in [5, 5.41) is 3.91. The number of methoxy groups -OCH3 is 1. The summed E-state index contributed by atoms with van der Waals surface area (Å²) in [7, 11) is 3.38. The molecule has 26 heavy (non-hydrogen) atoms. The van der Waals surface area contributed by atoms with Gasteiger partial charge in [-0.25, -0.2) is 4.79 Å². The maximum absolute atomic E-state index is 12.6. The lowest BCUT2D eigenvalue weighted by Gasteiger charge is -2.20. The van der Waals surface area contributed by atoms with Crippen molar-refractivity contribution >= 4 is 22.6 Å². The van der Waals surface area contributed by atoms with Crippen LogP contribution in [-0.4, -0.2) is 35.1 Å². The second-order valence-corrected chi connectivity index (χ2v) is 6.21. The number of para-hydroxylation sites is 1. The van der Waals surface area contributed by atoms with Crippen LogP contribution >= 0.6 is 0 Å². The smallest absolute Gasteiger partial charge is 0.322 e. The molecule has 0 bridgehead atoms. The van der Waals surface area contributed by atoms with Crippen LogP contribution in [0.3, 0.4) is 0 Å². The number of urea groups is 1.